The highest BCUT2D eigenvalue weighted by Gasteiger charge is 2.32. The standard InChI is InChI=1S/C21H21F4N3O2S/c1-27(14-15-3-2-4-17(11-15)21(23,24)25)18-7-9-28(10-8-18)31(29,30)19-5-6-20(22)16(12-19)13-26/h2-6,11-12,18H,7-10,14H2,1H3. The number of benzene rings is 2. The van der Waals surface area contributed by atoms with Crippen LogP contribution in [0.1, 0.15) is 29.5 Å². The third kappa shape index (κ3) is 5.23. The van der Waals surface area contributed by atoms with Crippen molar-refractivity contribution < 1.29 is 26.0 Å². The topological polar surface area (TPSA) is 64.4 Å². The zero-order valence-corrected chi connectivity index (χ0v) is 17.5. The molecule has 0 bridgehead atoms. The molecule has 2 aromatic rings. The highest BCUT2D eigenvalue weighted by molar-refractivity contribution is 7.89. The fourth-order valence-electron chi connectivity index (χ4n) is 3.69. The Morgan fingerprint density at radius 2 is 1.84 bits per heavy atom. The Morgan fingerprint density at radius 3 is 2.45 bits per heavy atom. The Morgan fingerprint density at radius 1 is 1.16 bits per heavy atom. The fraction of sp³-hybridized carbons (Fsp3) is 0.381. The number of alkyl halides is 3. The Hall–Kier alpha value is -2.48. The summed E-state index contributed by atoms with van der Waals surface area (Å²) in [6.07, 6.45) is -3.40. The summed E-state index contributed by atoms with van der Waals surface area (Å²) in [6, 6.07) is 9.91. The highest BCUT2D eigenvalue weighted by atomic mass is 32.2. The number of sulfonamides is 1. The van der Waals surface area contributed by atoms with Crippen molar-refractivity contribution >= 4 is 10.0 Å². The Balaban J connectivity index is 1.64. The van der Waals surface area contributed by atoms with Gasteiger partial charge in [-0.3, -0.25) is 4.90 Å². The second-order valence-electron chi connectivity index (χ2n) is 7.50. The molecule has 0 aromatic heterocycles. The molecule has 2 aromatic carbocycles. The summed E-state index contributed by atoms with van der Waals surface area (Å²) in [5.74, 6) is -0.781. The molecule has 1 fully saturated rings. The molecule has 0 radical (unpaired) electrons. The smallest absolute Gasteiger partial charge is 0.299 e. The van der Waals surface area contributed by atoms with E-state index in [1.54, 1.807) is 19.2 Å². The first-order valence-corrected chi connectivity index (χ1v) is 11.0. The van der Waals surface area contributed by atoms with E-state index in [2.05, 4.69) is 0 Å². The lowest BCUT2D eigenvalue weighted by Crippen LogP contribution is -2.45. The van der Waals surface area contributed by atoms with Gasteiger partial charge < -0.3 is 0 Å². The van der Waals surface area contributed by atoms with E-state index in [4.69, 9.17) is 5.26 Å². The van der Waals surface area contributed by atoms with Crippen LogP contribution < -0.4 is 0 Å². The molecule has 0 unspecified atom stereocenters. The van der Waals surface area contributed by atoms with Crippen LogP contribution in [0.4, 0.5) is 17.6 Å². The molecule has 0 N–H and O–H groups in total. The molecule has 5 nitrogen and oxygen atoms in total. The van der Waals surface area contributed by atoms with Crippen LogP contribution in [0, 0.1) is 17.1 Å². The van der Waals surface area contributed by atoms with E-state index in [0.29, 0.717) is 24.9 Å². The van der Waals surface area contributed by atoms with Crippen molar-refractivity contribution in [3.63, 3.8) is 0 Å². The minimum atomic E-state index is -4.40. The lowest BCUT2D eigenvalue weighted by Gasteiger charge is -2.36. The Kier molecular flexibility index (Phi) is 6.69. The van der Waals surface area contributed by atoms with Crippen LogP contribution in [0.25, 0.3) is 0 Å². The number of rotatable bonds is 5. The summed E-state index contributed by atoms with van der Waals surface area (Å²) < 4.78 is 79.2. The molecule has 0 atom stereocenters. The number of piperidine rings is 1. The quantitative estimate of drug-likeness (QED) is 0.640. The van der Waals surface area contributed by atoms with Gasteiger partial charge in [-0.1, -0.05) is 18.2 Å². The zero-order chi connectivity index (χ0) is 22.8. The average Bonchev–Trinajstić information content (AvgIpc) is 2.73. The van der Waals surface area contributed by atoms with Crippen LogP contribution in [0.2, 0.25) is 0 Å². The van der Waals surface area contributed by atoms with Crippen molar-refractivity contribution in [1.29, 1.82) is 5.26 Å². The van der Waals surface area contributed by atoms with E-state index >= 15 is 0 Å². The molecular weight excluding hydrogens is 434 g/mol. The number of nitrogens with zero attached hydrogens (tertiary/aromatic N) is 3. The van der Waals surface area contributed by atoms with E-state index in [1.807, 2.05) is 4.90 Å². The molecular formula is C21H21F4N3O2S. The van der Waals surface area contributed by atoms with Gasteiger partial charge in [0.1, 0.15) is 11.9 Å². The SMILES string of the molecule is CN(Cc1cccc(C(F)(F)F)c1)C1CCN(S(=O)(=O)c2ccc(F)c(C#N)c2)CC1. The maximum absolute atomic E-state index is 13.5. The Bertz CT molecular complexity index is 1090. The van der Waals surface area contributed by atoms with Gasteiger partial charge in [-0.2, -0.15) is 22.7 Å². The largest absolute Gasteiger partial charge is 0.416 e. The van der Waals surface area contributed by atoms with Crippen LogP contribution in [-0.2, 0) is 22.7 Å². The molecule has 0 saturated carbocycles. The second-order valence-corrected chi connectivity index (χ2v) is 9.44. The molecule has 1 saturated heterocycles. The predicted molar refractivity (Wildman–Crippen MR) is 106 cm³/mol. The van der Waals surface area contributed by atoms with E-state index < -0.39 is 27.6 Å². The van der Waals surface area contributed by atoms with Crippen molar-refractivity contribution in [1.82, 2.24) is 9.21 Å². The van der Waals surface area contributed by atoms with Crippen LogP contribution in [0.5, 0.6) is 0 Å². The van der Waals surface area contributed by atoms with Crippen LogP contribution in [0.15, 0.2) is 47.4 Å². The summed E-state index contributed by atoms with van der Waals surface area (Å²) in [7, 11) is -2.07. The molecule has 1 aliphatic rings. The number of halogens is 4. The van der Waals surface area contributed by atoms with E-state index in [-0.39, 0.29) is 29.6 Å². The molecule has 1 aliphatic heterocycles. The zero-order valence-electron chi connectivity index (χ0n) is 16.7. The lowest BCUT2D eigenvalue weighted by atomic mass is 10.0. The van der Waals surface area contributed by atoms with Crippen LogP contribution in [-0.4, -0.2) is 43.8 Å². The first-order valence-electron chi connectivity index (χ1n) is 9.58. The summed E-state index contributed by atoms with van der Waals surface area (Å²) in [4.78, 5) is 1.78. The van der Waals surface area contributed by atoms with Gasteiger partial charge >= 0.3 is 6.18 Å². The molecule has 31 heavy (non-hydrogen) atoms. The van der Waals surface area contributed by atoms with Crippen LogP contribution >= 0.6 is 0 Å². The van der Waals surface area contributed by atoms with Gasteiger partial charge in [-0.25, -0.2) is 12.8 Å². The Labute approximate surface area is 178 Å². The monoisotopic (exact) mass is 455 g/mol. The van der Waals surface area contributed by atoms with E-state index in [9.17, 15) is 26.0 Å². The number of hydrogen-bond acceptors (Lipinski definition) is 4. The highest BCUT2D eigenvalue weighted by Crippen LogP contribution is 2.30. The third-order valence-corrected chi connectivity index (χ3v) is 7.32. The lowest BCUT2D eigenvalue weighted by molar-refractivity contribution is -0.137. The van der Waals surface area contributed by atoms with Crippen molar-refractivity contribution in [3.05, 3.63) is 65.0 Å². The third-order valence-electron chi connectivity index (χ3n) is 5.43. The van der Waals surface area contributed by atoms with Gasteiger partial charge in [0.05, 0.1) is 16.0 Å². The summed E-state index contributed by atoms with van der Waals surface area (Å²) in [5.41, 5.74) is -0.505. The first-order chi connectivity index (χ1) is 14.5. The van der Waals surface area contributed by atoms with Gasteiger partial charge in [0.25, 0.3) is 0 Å². The minimum Gasteiger partial charge on any atom is -0.299 e. The molecule has 166 valence electrons. The summed E-state index contributed by atoms with van der Waals surface area (Å²) in [6.45, 7) is 0.753. The van der Waals surface area contributed by atoms with Crippen molar-refractivity contribution in [2.75, 3.05) is 20.1 Å². The maximum atomic E-state index is 13.5. The van der Waals surface area contributed by atoms with E-state index in [0.717, 1.165) is 30.3 Å². The molecule has 0 aliphatic carbocycles. The molecule has 0 amide bonds. The van der Waals surface area contributed by atoms with Crippen molar-refractivity contribution in [2.24, 2.45) is 0 Å². The van der Waals surface area contributed by atoms with E-state index in [1.165, 1.54) is 10.4 Å². The summed E-state index contributed by atoms with van der Waals surface area (Å²) in [5, 5.41) is 8.93. The van der Waals surface area contributed by atoms with Crippen molar-refractivity contribution in [2.45, 2.75) is 36.5 Å². The van der Waals surface area contributed by atoms with Gasteiger partial charge in [0.2, 0.25) is 10.0 Å². The van der Waals surface area contributed by atoms with Crippen LogP contribution in [0.3, 0.4) is 0 Å². The normalized spacial score (nSPS) is 16.4. The van der Waals surface area contributed by atoms with Gasteiger partial charge in [-0.15, -0.1) is 0 Å². The van der Waals surface area contributed by atoms with Crippen molar-refractivity contribution in [3.8, 4) is 6.07 Å². The summed E-state index contributed by atoms with van der Waals surface area (Å²) >= 11 is 0. The maximum Gasteiger partial charge on any atom is 0.416 e. The molecule has 0 spiro atoms. The first kappa shape index (κ1) is 23.2. The van der Waals surface area contributed by atoms with Gasteiger partial charge in [0.15, 0.2) is 0 Å². The average molecular weight is 455 g/mol. The molecule has 3 rings (SSSR count). The number of hydrogen-bond donors (Lipinski definition) is 0. The van der Waals surface area contributed by atoms with Gasteiger partial charge in [-0.05, 0) is 49.7 Å². The fourth-order valence-corrected chi connectivity index (χ4v) is 5.18. The molecule has 10 heteroatoms. The second kappa shape index (κ2) is 8.94. The van der Waals surface area contributed by atoms with Gasteiger partial charge in [0, 0.05) is 25.7 Å². The minimum absolute atomic E-state index is 0.00359. The molecule has 1 heterocycles. The predicted octanol–water partition coefficient (Wildman–Crippen LogP) is 4.00. The number of nitriles is 1.